The molecule has 0 bridgehead atoms. The molecule has 2 fully saturated rings. The average molecular weight is 243 g/mol. The summed E-state index contributed by atoms with van der Waals surface area (Å²) in [6, 6.07) is 0.633. The molecule has 94 valence electrons. The first-order valence-electron chi connectivity index (χ1n) is 6.61. The maximum Gasteiger partial charge on any atom is 0.0869 e. The molecule has 0 spiro atoms. The molecule has 1 aliphatic heterocycles. The Morgan fingerprint density at radius 1 is 1.25 bits per heavy atom. The van der Waals surface area contributed by atoms with Crippen molar-refractivity contribution in [3.05, 3.63) is 0 Å². The SMILES string of the molecule is C[C@H]1CC(NC[C@@]2(O)CCSC2)C[C@H](C)C1. The van der Waals surface area contributed by atoms with Crippen molar-refractivity contribution in [2.75, 3.05) is 18.1 Å². The molecule has 2 N–H and O–H groups in total. The van der Waals surface area contributed by atoms with Gasteiger partial charge in [-0.3, -0.25) is 0 Å². The van der Waals surface area contributed by atoms with E-state index in [4.69, 9.17) is 0 Å². The summed E-state index contributed by atoms with van der Waals surface area (Å²) < 4.78 is 0. The van der Waals surface area contributed by atoms with Gasteiger partial charge in [0.2, 0.25) is 0 Å². The molecule has 0 amide bonds. The zero-order valence-corrected chi connectivity index (χ0v) is 11.4. The highest BCUT2D eigenvalue weighted by Crippen LogP contribution is 2.30. The second-order valence-corrected chi connectivity index (χ2v) is 7.13. The fourth-order valence-corrected chi connectivity index (χ4v) is 4.48. The van der Waals surface area contributed by atoms with Crippen molar-refractivity contribution in [1.29, 1.82) is 0 Å². The van der Waals surface area contributed by atoms with Crippen molar-refractivity contribution in [3.63, 3.8) is 0 Å². The molecular formula is C13H25NOS. The molecule has 3 atom stereocenters. The van der Waals surface area contributed by atoms with E-state index in [1.54, 1.807) is 0 Å². The minimum atomic E-state index is -0.422. The summed E-state index contributed by atoms with van der Waals surface area (Å²) in [7, 11) is 0. The van der Waals surface area contributed by atoms with E-state index in [-0.39, 0.29) is 0 Å². The van der Waals surface area contributed by atoms with Crippen LogP contribution in [0.4, 0.5) is 0 Å². The predicted molar refractivity (Wildman–Crippen MR) is 70.9 cm³/mol. The maximum absolute atomic E-state index is 10.3. The number of hydrogen-bond acceptors (Lipinski definition) is 3. The third-order valence-electron chi connectivity index (χ3n) is 3.98. The summed E-state index contributed by atoms with van der Waals surface area (Å²) >= 11 is 1.88. The van der Waals surface area contributed by atoms with E-state index in [0.717, 1.165) is 36.3 Å². The first-order valence-corrected chi connectivity index (χ1v) is 7.76. The van der Waals surface area contributed by atoms with Gasteiger partial charge in [-0.2, -0.15) is 11.8 Å². The van der Waals surface area contributed by atoms with Crippen LogP contribution in [0.15, 0.2) is 0 Å². The Morgan fingerprint density at radius 3 is 2.50 bits per heavy atom. The van der Waals surface area contributed by atoms with Crippen molar-refractivity contribution in [2.45, 2.75) is 51.2 Å². The van der Waals surface area contributed by atoms with Gasteiger partial charge in [-0.25, -0.2) is 0 Å². The Labute approximate surface area is 104 Å². The molecule has 1 heterocycles. The summed E-state index contributed by atoms with van der Waals surface area (Å²) in [6.45, 7) is 5.50. The van der Waals surface area contributed by atoms with Crippen LogP contribution in [0.2, 0.25) is 0 Å². The fraction of sp³-hybridized carbons (Fsp3) is 1.00. The van der Waals surface area contributed by atoms with Crippen LogP contribution in [0.3, 0.4) is 0 Å². The molecule has 1 aliphatic carbocycles. The third-order valence-corrected chi connectivity index (χ3v) is 5.22. The van der Waals surface area contributed by atoms with Crippen LogP contribution < -0.4 is 5.32 Å². The Kier molecular flexibility index (Phi) is 4.20. The number of thioether (sulfide) groups is 1. The molecule has 0 unspecified atom stereocenters. The van der Waals surface area contributed by atoms with E-state index in [1.165, 1.54) is 19.3 Å². The van der Waals surface area contributed by atoms with Crippen LogP contribution in [0.5, 0.6) is 0 Å². The zero-order chi connectivity index (χ0) is 11.6. The molecule has 16 heavy (non-hydrogen) atoms. The lowest BCUT2D eigenvalue weighted by atomic mass is 9.80. The maximum atomic E-state index is 10.3. The molecule has 3 heteroatoms. The topological polar surface area (TPSA) is 32.3 Å². The summed E-state index contributed by atoms with van der Waals surface area (Å²) in [4.78, 5) is 0. The molecule has 1 saturated heterocycles. The quantitative estimate of drug-likeness (QED) is 0.797. The van der Waals surface area contributed by atoms with Crippen LogP contribution in [-0.4, -0.2) is 34.8 Å². The average Bonchev–Trinajstić information content (AvgIpc) is 2.62. The second kappa shape index (κ2) is 5.28. The van der Waals surface area contributed by atoms with Crippen LogP contribution in [0.25, 0.3) is 0 Å². The summed E-state index contributed by atoms with van der Waals surface area (Å²) in [5.41, 5.74) is -0.422. The standard InChI is InChI=1S/C13H25NOS/c1-10-5-11(2)7-12(6-10)14-8-13(15)3-4-16-9-13/h10-12,14-15H,3-9H2,1-2H3/t10-,11-,13+/m1/s1. The lowest BCUT2D eigenvalue weighted by Crippen LogP contribution is -2.46. The normalized spacial score (nSPS) is 44.8. The van der Waals surface area contributed by atoms with Gasteiger partial charge in [0.1, 0.15) is 0 Å². The Bertz CT molecular complexity index is 218. The number of hydrogen-bond donors (Lipinski definition) is 2. The van der Waals surface area contributed by atoms with E-state index in [1.807, 2.05) is 11.8 Å². The van der Waals surface area contributed by atoms with Crippen LogP contribution in [0, 0.1) is 11.8 Å². The van der Waals surface area contributed by atoms with E-state index >= 15 is 0 Å². The van der Waals surface area contributed by atoms with Crippen molar-refractivity contribution < 1.29 is 5.11 Å². The molecule has 0 aromatic carbocycles. The summed E-state index contributed by atoms with van der Waals surface area (Å²) in [5.74, 6) is 3.72. The fourth-order valence-electron chi connectivity index (χ4n) is 3.18. The van der Waals surface area contributed by atoms with Gasteiger partial charge in [0.15, 0.2) is 0 Å². The molecule has 2 nitrogen and oxygen atoms in total. The Balaban J connectivity index is 1.76. The smallest absolute Gasteiger partial charge is 0.0869 e. The van der Waals surface area contributed by atoms with Crippen molar-refractivity contribution in [3.8, 4) is 0 Å². The van der Waals surface area contributed by atoms with Gasteiger partial charge in [0, 0.05) is 18.3 Å². The Morgan fingerprint density at radius 2 is 1.94 bits per heavy atom. The first kappa shape index (κ1) is 12.7. The lowest BCUT2D eigenvalue weighted by molar-refractivity contribution is 0.0601. The molecule has 2 rings (SSSR count). The minimum Gasteiger partial charge on any atom is -0.388 e. The van der Waals surface area contributed by atoms with Gasteiger partial charge in [-0.15, -0.1) is 0 Å². The van der Waals surface area contributed by atoms with Crippen molar-refractivity contribution in [1.82, 2.24) is 5.32 Å². The number of rotatable bonds is 3. The van der Waals surface area contributed by atoms with E-state index in [0.29, 0.717) is 6.04 Å². The highest BCUT2D eigenvalue weighted by Gasteiger charge is 2.33. The lowest BCUT2D eigenvalue weighted by Gasteiger charge is -2.34. The second-order valence-electron chi connectivity index (χ2n) is 6.02. The molecule has 1 saturated carbocycles. The highest BCUT2D eigenvalue weighted by atomic mass is 32.2. The Hall–Kier alpha value is 0.270. The monoisotopic (exact) mass is 243 g/mol. The van der Waals surface area contributed by atoms with Crippen LogP contribution in [0.1, 0.15) is 39.5 Å². The number of aliphatic hydroxyl groups is 1. The predicted octanol–water partition coefficient (Wildman–Crippen LogP) is 2.27. The van der Waals surface area contributed by atoms with E-state index in [9.17, 15) is 5.11 Å². The van der Waals surface area contributed by atoms with Gasteiger partial charge >= 0.3 is 0 Å². The van der Waals surface area contributed by atoms with Crippen molar-refractivity contribution in [2.24, 2.45) is 11.8 Å². The molecular weight excluding hydrogens is 218 g/mol. The molecule has 0 aromatic heterocycles. The van der Waals surface area contributed by atoms with Gasteiger partial charge in [0.05, 0.1) is 5.60 Å². The molecule has 0 radical (unpaired) electrons. The number of nitrogens with one attached hydrogen (secondary N) is 1. The van der Waals surface area contributed by atoms with Gasteiger partial charge in [-0.05, 0) is 43.3 Å². The zero-order valence-electron chi connectivity index (χ0n) is 10.5. The molecule has 0 aromatic rings. The van der Waals surface area contributed by atoms with Crippen LogP contribution in [-0.2, 0) is 0 Å². The largest absolute Gasteiger partial charge is 0.388 e. The van der Waals surface area contributed by atoms with E-state index in [2.05, 4.69) is 19.2 Å². The minimum absolute atomic E-state index is 0.422. The van der Waals surface area contributed by atoms with Gasteiger partial charge in [-0.1, -0.05) is 13.8 Å². The third kappa shape index (κ3) is 3.38. The van der Waals surface area contributed by atoms with E-state index < -0.39 is 5.60 Å². The first-order chi connectivity index (χ1) is 7.57. The van der Waals surface area contributed by atoms with Gasteiger partial charge in [0.25, 0.3) is 0 Å². The summed E-state index contributed by atoms with van der Waals surface area (Å²) in [6.07, 6.45) is 4.90. The summed E-state index contributed by atoms with van der Waals surface area (Å²) in [5, 5.41) is 13.9. The van der Waals surface area contributed by atoms with Gasteiger partial charge < -0.3 is 10.4 Å². The van der Waals surface area contributed by atoms with Crippen molar-refractivity contribution >= 4 is 11.8 Å². The van der Waals surface area contributed by atoms with Crippen LogP contribution >= 0.6 is 11.8 Å². The highest BCUT2D eigenvalue weighted by molar-refractivity contribution is 7.99. The molecule has 2 aliphatic rings.